The molecule has 8 heteroatoms. The third-order valence-electron chi connectivity index (χ3n) is 4.05. The fraction of sp³-hybridized carbons (Fsp3) is 0.100. The van der Waals surface area contributed by atoms with E-state index in [1.807, 2.05) is 42.6 Å². The van der Waals surface area contributed by atoms with E-state index in [1.165, 1.54) is 11.3 Å². The van der Waals surface area contributed by atoms with Gasteiger partial charge in [-0.3, -0.25) is 9.59 Å². The van der Waals surface area contributed by atoms with E-state index >= 15 is 0 Å². The predicted molar refractivity (Wildman–Crippen MR) is 107 cm³/mol. The van der Waals surface area contributed by atoms with Crippen LogP contribution in [0.4, 0.5) is 5.13 Å². The van der Waals surface area contributed by atoms with Crippen LogP contribution in [0.15, 0.2) is 58.4 Å². The molecule has 2 aromatic heterocycles. The number of aryl methyl sites for hydroxylation is 1. The summed E-state index contributed by atoms with van der Waals surface area (Å²) in [4.78, 5) is 28.6. The first-order chi connectivity index (χ1) is 13.6. The van der Waals surface area contributed by atoms with Crippen molar-refractivity contribution in [1.29, 1.82) is 0 Å². The molecule has 0 aliphatic carbocycles. The minimum atomic E-state index is -0.354. The number of hydrogen-bond donors (Lipinski definition) is 2. The quantitative estimate of drug-likeness (QED) is 0.541. The van der Waals surface area contributed by atoms with E-state index in [9.17, 15) is 9.59 Å². The summed E-state index contributed by atoms with van der Waals surface area (Å²) in [6.45, 7) is 1.70. The van der Waals surface area contributed by atoms with Crippen LogP contribution in [0.3, 0.4) is 0 Å². The highest BCUT2D eigenvalue weighted by Crippen LogP contribution is 2.29. The van der Waals surface area contributed by atoms with Crippen molar-refractivity contribution < 1.29 is 14.1 Å². The summed E-state index contributed by atoms with van der Waals surface area (Å²) in [7, 11) is 0. The Hall–Kier alpha value is -3.52. The van der Waals surface area contributed by atoms with Crippen molar-refractivity contribution in [2.75, 3.05) is 11.9 Å². The van der Waals surface area contributed by atoms with E-state index in [-0.39, 0.29) is 18.4 Å². The number of carbonyl (C=O) groups is 2. The van der Waals surface area contributed by atoms with Gasteiger partial charge in [-0.05, 0) is 25.1 Å². The maximum Gasteiger partial charge on any atom is 0.251 e. The second kappa shape index (κ2) is 7.61. The van der Waals surface area contributed by atoms with Crippen LogP contribution in [-0.4, -0.2) is 28.5 Å². The molecule has 2 heterocycles. The topological polar surface area (TPSA) is 97.1 Å². The van der Waals surface area contributed by atoms with Crippen molar-refractivity contribution in [3.63, 3.8) is 0 Å². The van der Waals surface area contributed by atoms with E-state index in [2.05, 4.69) is 20.8 Å². The molecule has 4 aromatic rings. The molecular formula is C20H16N4O3S. The molecule has 2 N–H and O–H groups in total. The molecule has 0 fully saturated rings. The van der Waals surface area contributed by atoms with Gasteiger partial charge in [-0.15, -0.1) is 11.3 Å². The number of fused-ring (bicyclic) bond motifs is 1. The van der Waals surface area contributed by atoms with Crippen LogP contribution in [0.1, 0.15) is 16.1 Å². The van der Waals surface area contributed by atoms with Crippen molar-refractivity contribution in [3.05, 3.63) is 65.2 Å². The Morgan fingerprint density at radius 1 is 1.14 bits per heavy atom. The molecule has 0 aliphatic rings. The van der Waals surface area contributed by atoms with E-state index in [1.54, 1.807) is 18.2 Å². The SMILES string of the molecule is Cc1csc(NC(=O)CNC(=O)c2ccc3noc(-c4ccccc4)c3c2)n1. The van der Waals surface area contributed by atoms with Gasteiger partial charge in [0.05, 0.1) is 17.6 Å². The fourth-order valence-corrected chi connectivity index (χ4v) is 3.42. The molecule has 0 unspecified atom stereocenters. The van der Waals surface area contributed by atoms with Crippen LogP contribution < -0.4 is 10.6 Å². The van der Waals surface area contributed by atoms with Gasteiger partial charge in [0.25, 0.3) is 5.91 Å². The Morgan fingerprint density at radius 3 is 2.71 bits per heavy atom. The van der Waals surface area contributed by atoms with Gasteiger partial charge in [-0.1, -0.05) is 35.5 Å². The fourth-order valence-electron chi connectivity index (χ4n) is 2.72. The van der Waals surface area contributed by atoms with E-state index in [4.69, 9.17) is 4.52 Å². The predicted octanol–water partition coefficient (Wildman–Crippen LogP) is 3.63. The molecule has 0 aliphatic heterocycles. The third-order valence-corrected chi connectivity index (χ3v) is 4.93. The van der Waals surface area contributed by atoms with Crippen molar-refractivity contribution in [2.24, 2.45) is 0 Å². The van der Waals surface area contributed by atoms with Crippen molar-refractivity contribution in [3.8, 4) is 11.3 Å². The number of benzene rings is 2. The summed E-state index contributed by atoms with van der Waals surface area (Å²) in [5.74, 6) is -0.0894. The highest BCUT2D eigenvalue weighted by Gasteiger charge is 2.15. The molecule has 0 saturated carbocycles. The summed E-state index contributed by atoms with van der Waals surface area (Å²) in [5.41, 5.74) is 2.79. The zero-order valence-corrected chi connectivity index (χ0v) is 15.7. The molecule has 0 radical (unpaired) electrons. The molecule has 140 valence electrons. The number of thiazole rings is 1. The largest absolute Gasteiger partial charge is 0.355 e. The Bertz CT molecular complexity index is 1150. The zero-order chi connectivity index (χ0) is 19.5. The summed E-state index contributed by atoms with van der Waals surface area (Å²) >= 11 is 1.34. The van der Waals surface area contributed by atoms with Gasteiger partial charge in [0, 0.05) is 16.5 Å². The molecule has 7 nitrogen and oxygen atoms in total. The lowest BCUT2D eigenvalue weighted by Gasteiger charge is -2.05. The number of carbonyl (C=O) groups excluding carboxylic acids is 2. The van der Waals surface area contributed by atoms with Crippen LogP contribution >= 0.6 is 11.3 Å². The molecule has 0 bridgehead atoms. The van der Waals surface area contributed by atoms with E-state index in [0.717, 1.165) is 16.6 Å². The summed E-state index contributed by atoms with van der Waals surface area (Å²) in [5, 5.41) is 12.4. The Kier molecular flexibility index (Phi) is 4.86. The molecule has 2 aromatic carbocycles. The molecule has 0 saturated heterocycles. The minimum absolute atomic E-state index is 0.148. The molecule has 0 atom stereocenters. The Labute approximate surface area is 164 Å². The summed E-state index contributed by atoms with van der Waals surface area (Å²) in [6.07, 6.45) is 0. The van der Waals surface area contributed by atoms with Crippen LogP contribution in [0.5, 0.6) is 0 Å². The van der Waals surface area contributed by atoms with Crippen molar-refractivity contribution in [2.45, 2.75) is 6.92 Å². The number of nitrogens with zero attached hydrogens (tertiary/aromatic N) is 2. The number of nitrogens with one attached hydrogen (secondary N) is 2. The maximum atomic E-state index is 12.5. The smallest absolute Gasteiger partial charge is 0.251 e. The number of aromatic nitrogens is 2. The molecule has 28 heavy (non-hydrogen) atoms. The number of hydrogen-bond acceptors (Lipinski definition) is 6. The van der Waals surface area contributed by atoms with Gasteiger partial charge in [-0.2, -0.15) is 0 Å². The van der Waals surface area contributed by atoms with E-state index < -0.39 is 0 Å². The molecule has 2 amide bonds. The normalized spacial score (nSPS) is 10.8. The summed E-state index contributed by atoms with van der Waals surface area (Å²) < 4.78 is 5.45. The first-order valence-corrected chi connectivity index (χ1v) is 9.43. The Balaban J connectivity index is 1.47. The zero-order valence-electron chi connectivity index (χ0n) is 14.9. The van der Waals surface area contributed by atoms with Crippen molar-refractivity contribution >= 4 is 39.2 Å². The first-order valence-electron chi connectivity index (χ1n) is 8.55. The second-order valence-corrected chi connectivity index (χ2v) is 6.99. The monoisotopic (exact) mass is 392 g/mol. The van der Waals surface area contributed by atoms with Gasteiger partial charge < -0.3 is 15.2 Å². The molecular weight excluding hydrogens is 376 g/mol. The minimum Gasteiger partial charge on any atom is -0.355 e. The highest BCUT2D eigenvalue weighted by molar-refractivity contribution is 7.13. The van der Waals surface area contributed by atoms with Crippen LogP contribution in [-0.2, 0) is 4.79 Å². The molecule has 0 spiro atoms. The van der Waals surface area contributed by atoms with Crippen LogP contribution in [0.25, 0.3) is 22.2 Å². The second-order valence-electron chi connectivity index (χ2n) is 6.13. The van der Waals surface area contributed by atoms with Crippen molar-refractivity contribution in [1.82, 2.24) is 15.5 Å². The number of rotatable bonds is 5. The average Bonchev–Trinajstić information content (AvgIpc) is 3.32. The van der Waals surface area contributed by atoms with Gasteiger partial charge in [-0.25, -0.2) is 4.98 Å². The lowest BCUT2D eigenvalue weighted by molar-refractivity contribution is -0.115. The van der Waals surface area contributed by atoms with E-state index in [0.29, 0.717) is 22.0 Å². The summed E-state index contributed by atoms with van der Waals surface area (Å²) in [6, 6.07) is 14.6. The van der Waals surface area contributed by atoms with Gasteiger partial charge >= 0.3 is 0 Å². The lowest BCUT2D eigenvalue weighted by atomic mass is 10.1. The van der Waals surface area contributed by atoms with Crippen LogP contribution in [0.2, 0.25) is 0 Å². The maximum absolute atomic E-state index is 12.5. The molecule has 4 rings (SSSR count). The third kappa shape index (κ3) is 3.77. The highest BCUT2D eigenvalue weighted by atomic mass is 32.1. The van der Waals surface area contributed by atoms with Gasteiger partial charge in [0.15, 0.2) is 10.9 Å². The first kappa shape index (κ1) is 17.9. The standard InChI is InChI=1S/C20H16N4O3S/c1-12-11-28-20(22-12)23-17(25)10-21-19(26)14-7-8-16-15(9-14)18(27-24-16)13-5-3-2-4-6-13/h2-9,11H,10H2,1H3,(H,21,26)(H,22,23,25). The van der Waals surface area contributed by atoms with Gasteiger partial charge in [0.2, 0.25) is 5.91 Å². The average molecular weight is 392 g/mol. The van der Waals surface area contributed by atoms with Gasteiger partial charge in [0.1, 0.15) is 5.52 Å². The Morgan fingerprint density at radius 2 is 1.96 bits per heavy atom. The number of amides is 2. The van der Waals surface area contributed by atoms with Crippen LogP contribution in [0, 0.1) is 6.92 Å². The number of anilines is 1. The lowest BCUT2D eigenvalue weighted by Crippen LogP contribution is -2.32.